The smallest absolute Gasteiger partial charge is 0.311 e. The highest BCUT2D eigenvalue weighted by Crippen LogP contribution is 2.18. The fraction of sp³-hybridized carbons (Fsp3) is 0.222. The first-order chi connectivity index (χ1) is 12.7. The molecule has 0 fully saturated rings. The molecule has 0 radical (unpaired) electrons. The molecule has 3 N–H and O–H groups in total. The van der Waals surface area contributed by atoms with E-state index < -0.39 is 28.0 Å². The van der Waals surface area contributed by atoms with Crippen molar-refractivity contribution in [3.63, 3.8) is 0 Å². The van der Waals surface area contributed by atoms with Crippen LogP contribution in [0.4, 0.5) is 5.69 Å². The molecule has 0 aliphatic heterocycles. The topological polar surface area (TPSA) is 125 Å². The third-order valence-corrected chi connectivity index (χ3v) is 4.58. The highest BCUT2D eigenvalue weighted by atomic mass is 32.2. The normalized spacial score (nSPS) is 12.1. The first-order valence-corrected chi connectivity index (χ1v) is 9.50. The van der Waals surface area contributed by atoms with Gasteiger partial charge in [0.1, 0.15) is 5.75 Å². The van der Waals surface area contributed by atoms with Gasteiger partial charge >= 0.3 is 5.97 Å². The van der Waals surface area contributed by atoms with Crippen molar-refractivity contribution in [1.82, 2.24) is 0 Å². The molecule has 0 aliphatic carbocycles. The van der Waals surface area contributed by atoms with E-state index >= 15 is 0 Å². The molecule has 0 unspecified atom stereocenters. The number of carbonyl (C=O) groups excluding carboxylic acids is 2. The summed E-state index contributed by atoms with van der Waals surface area (Å²) in [4.78, 5) is 24.1. The van der Waals surface area contributed by atoms with E-state index in [9.17, 15) is 18.0 Å². The molecule has 27 heavy (non-hydrogen) atoms. The quantitative estimate of drug-likeness (QED) is 0.687. The molecule has 0 aromatic heterocycles. The molecule has 1 amide bonds. The van der Waals surface area contributed by atoms with Crippen LogP contribution in [0.2, 0.25) is 0 Å². The number of ether oxygens (including phenoxy) is 2. The lowest BCUT2D eigenvalue weighted by Gasteiger charge is -2.14. The van der Waals surface area contributed by atoms with Crippen molar-refractivity contribution in [3.8, 4) is 5.75 Å². The van der Waals surface area contributed by atoms with Gasteiger partial charge in [-0.2, -0.15) is 0 Å². The highest BCUT2D eigenvalue weighted by molar-refractivity contribution is 7.89. The number of carbonyl (C=O) groups is 2. The molecule has 0 saturated heterocycles. The zero-order chi connectivity index (χ0) is 20.0. The van der Waals surface area contributed by atoms with Crippen LogP contribution in [0.5, 0.6) is 5.75 Å². The summed E-state index contributed by atoms with van der Waals surface area (Å²) in [6.45, 7) is 1.44. The van der Waals surface area contributed by atoms with Crippen molar-refractivity contribution < 1.29 is 27.5 Å². The molecule has 0 heterocycles. The third-order valence-electron chi connectivity index (χ3n) is 3.66. The number of methoxy groups -OCH3 is 1. The largest absolute Gasteiger partial charge is 0.496 e. The van der Waals surface area contributed by atoms with Crippen LogP contribution < -0.4 is 15.2 Å². The Labute approximate surface area is 157 Å². The van der Waals surface area contributed by atoms with E-state index in [-0.39, 0.29) is 11.3 Å². The maximum Gasteiger partial charge on any atom is 0.311 e. The van der Waals surface area contributed by atoms with Crippen LogP contribution in [0.15, 0.2) is 53.4 Å². The van der Waals surface area contributed by atoms with E-state index in [0.717, 1.165) is 0 Å². The predicted octanol–water partition coefficient (Wildman–Crippen LogP) is 1.46. The van der Waals surface area contributed by atoms with Crippen molar-refractivity contribution in [1.29, 1.82) is 0 Å². The van der Waals surface area contributed by atoms with E-state index in [2.05, 4.69) is 5.32 Å². The van der Waals surface area contributed by atoms with E-state index in [1.807, 2.05) is 0 Å². The second-order valence-corrected chi connectivity index (χ2v) is 7.24. The lowest BCUT2D eigenvalue weighted by molar-refractivity contribution is -0.152. The van der Waals surface area contributed by atoms with Crippen molar-refractivity contribution >= 4 is 27.6 Å². The molecule has 2 aromatic rings. The van der Waals surface area contributed by atoms with Gasteiger partial charge in [0.25, 0.3) is 5.91 Å². The molecule has 144 valence electrons. The second kappa shape index (κ2) is 8.65. The number of esters is 1. The summed E-state index contributed by atoms with van der Waals surface area (Å²) in [5.74, 6) is -0.569. The maximum absolute atomic E-state index is 12.1. The first-order valence-electron chi connectivity index (χ1n) is 7.96. The van der Waals surface area contributed by atoms with Gasteiger partial charge in [-0.05, 0) is 37.3 Å². The minimum atomic E-state index is -3.81. The average Bonchev–Trinajstić information content (AvgIpc) is 2.61. The highest BCUT2D eigenvalue weighted by Gasteiger charge is 2.19. The number of hydrogen-bond acceptors (Lipinski definition) is 6. The van der Waals surface area contributed by atoms with Crippen LogP contribution in [0.3, 0.4) is 0 Å². The van der Waals surface area contributed by atoms with Gasteiger partial charge in [0.05, 0.1) is 18.4 Å². The minimum Gasteiger partial charge on any atom is -0.496 e. The zero-order valence-corrected chi connectivity index (χ0v) is 15.7. The molecule has 2 rings (SSSR count). The third kappa shape index (κ3) is 5.80. The van der Waals surface area contributed by atoms with Gasteiger partial charge in [0.15, 0.2) is 6.10 Å². The Hall–Kier alpha value is -2.91. The van der Waals surface area contributed by atoms with Crippen LogP contribution >= 0.6 is 0 Å². The number of nitrogens with one attached hydrogen (secondary N) is 1. The van der Waals surface area contributed by atoms with Crippen molar-refractivity contribution in [2.75, 3.05) is 12.4 Å². The Morgan fingerprint density at radius 3 is 2.33 bits per heavy atom. The Morgan fingerprint density at radius 1 is 1.11 bits per heavy atom. The fourth-order valence-corrected chi connectivity index (χ4v) is 2.78. The Kier molecular flexibility index (Phi) is 6.54. The van der Waals surface area contributed by atoms with Gasteiger partial charge in [-0.25, -0.2) is 13.6 Å². The van der Waals surface area contributed by atoms with Crippen LogP contribution in [0.25, 0.3) is 0 Å². The van der Waals surface area contributed by atoms with Gasteiger partial charge in [0.2, 0.25) is 10.0 Å². The number of sulfonamides is 1. The number of para-hydroxylation sites is 1. The Morgan fingerprint density at radius 2 is 1.74 bits per heavy atom. The van der Waals surface area contributed by atoms with E-state index in [4.69, 9.17) is 14.6 Å². The Balaban J connectivity index is 1.94. The lowest BCUT2D eigenvalue weighted by Crippen LogP contribution is -2.30. The van der Waals surface area contributed by atoms with Crippen LogP contribution in [-0.2, 0) is 30.8 Å². The van der Waals surface area contributed by atoms with Crippen LogP contribution in [0, 0.1) is 0 Å². The van der Waals surface area contributed by atoms with Crippen LogP contribution in [-0.4, -0.2) is 33.5 Å². The minimum absolute atomic E-state index is 0.0370. The second-order valence-electron chi connectivity index (χ2n) is 5.68. The number of primary sulfonamides is 1. The Bertz CT molecular complexity index is 925. The predicted molar refractivity (Wildman–Crippen MR) is 98.7 cm³/mol. The van der Waals surface area contributed by atoms with Crippen molar-refractivity contribution in [3.05, 3.63) is 54.1 Å². The van der Waals surface area contributed by atoms with Gasteiger partial charge in [-0.3, -0.25) is 9.59 Å². The fourth-order valence-electron chi connectivity index (χ4n) is 2.27. The van der Waals surface area contributed by atoms with Gasteiger partial charge in [0, 0.05) is 11.3 Å². The summed E-state index contributed by atoms with van der Waals surface area (Å²) in [5.41, 5.74) is 0.996. The first kappa shape index (κ1) is 20.4. The molecule has 0 bridgehead atoms. The molecule has 0 spiro atoms. The number of benzene rings is 2. The molecule has 0 aliphatic rings. The summed E-state index contributed by atoms with van der Waals surface area (Å²) in [6.07, 6.45) is -1.07. The molecule has 8 nitrogen and oxygen atoms in total. The number of anilines is 1. The van der Waals surface area contributed by atoms with Gasteiger partial charge < -0.3 is 14.8 Å². The monoisotopic (exact) mass is 392 g/mol. The van der Waals surface area contributed by atoms with Crippen LogP contribution in [0.1, 0.15) is 12.5 Å². The summed E-state index contributed by atoms with van der Waals surface area (Å²) in [5, 5.41) is 7.55. The number of nitrogens with two attached hydrogens (primary N) is 1. The molecule has 1 atom stereocenters. The molecule has 0 saturated carbocycles. The van der Waals surface area contributed by atoms with Gasteiger partial charge in [-0.1, -0.05) is 18.2 Å². The molecular weight excluding hydrogens is 372 g/mol. The summed E-state index contributed by atoms with van der Waals surface area (Å²) < 4.78 is 32.7. The molecule has 9 heteroatoms. The zero-order valence-electron chi connectivity index (χ0n) is 14.8. The maximum atomic E-state index is 12.1. The van der Waals surface area contributed by atoms with E-state index in [1.165, 1.54) is 38.3 Å². The standard InChI is InChI=1S/C18H20N2O6S/c1-12(26-17(21)11-13-5-3-4-6-16(13)25-2)18(22)20-14-7-9-15(10-8-14)27(19,23)24/h3-10,12H,11H2,1-2H3,(H,20,22)(H2,19,23,24)/t12-/m0/s1. The number of rotatable bonds is 7. The summed E-state index contributed by atoms with van der Waals surface area (Å²) in [7, 11) is -2.31. The van der Waals surface area contributed by atoms with E-state index in [0.29, 0.717) is 17.0 Å². The average molecular weight is 392 g/mol. The summed E-state index contributed by atoms with van der Waals surface area (Å²) >= 11 is 0. The SMILES string of the molecule is COc1ccccc1CC(=O)O[C@@H](C)C(=O)Nc1ccc(S(N)(=O)=O)cc1. The van der Waals surface area contributed by atoms with E-state index in [1.54, 1.807) is 24.3 Å². The van der Waals surface area contributed by atoms with Crippen molar-refractivity contribution in [2.45, 2.75) is 24.3 Å². The van der Waals surface area contributed by atoms with Gasteiger partial charge in [-0.15, -0.1) is 0 Å². The number of hydrogen-bond donors (Lipinski definition) is 2. The number of amides is 1. The lowest BCUT2D eigenvalue weighted by atomic mass is 10.1. The molecule has 2 aromatic carbocycles. The summed E-state index contributed by atoms with van der Waals surface area (Å²) in [6, 6.07) is 12.3. The molecular formula is C18H20N2O6S. The van der Waals surface area contributed by atoms with Crippen molar-refractivity contribution in [2.24, 2.45) is 5.14 Å².